The average molecular weight is 445 g/mol. The number of rotatable bonds is 8. The van der Waals surface area contributed by atoms with E-state index >= 15 is 0 Å². The van der Waals surface area contributed by atoms with Gasteiger partial charge >= 0.3 is 0 Å². The molecule has 6 nitrogen and oxygen atoms in total. The number of aryl methyl sites for hydroxylation is 2. The summed E-state index contributed by atoms with van der Waals surface area (Å²) in [6.07, 6.45) is 3.48. The van der Waals surface area contributed by atoms with E-state index in [9.17, 15) is 4.79 Å². The summed E-state index contributed by atoms with van der Waals surface area (Å²) < 4.78 is 7.52. The summed E-state index contributed by atoms with van der Waals surface area (Å²) in [6, 6.07) is 17.5. The third-order valence-electron chi connectivity index (χ3n) is 4.97. The Kier molecular flexibility index (Phi) is 6.66. The van der Waals surface area contributed by atoms with Gasteiger partial charge in [-0.05, 0) is 62.7 Å². The lowest BCUT2D eigenvalue weighted by molar-refractivity contribution is 0.102. The van der Waals surface area contributed by atoms with Gasteiger partial charge in [-0.3, -0.25) is 14.3 Å². The highest BCUT2D eigenvalue weighted by molar-refractivity contribution is 7.99. The SMILES string of the molecule is CCOc1ccc(-n2c(SCC(=O)c3ccc(C)cc3C)nnc2-c2cccnc2)cc1. The molecule has 4 aromatic rings. The standard InChI is InChI=1S/C25H24N4O2S/c1-4-31-21-10-8-20(9-11-21)29-24(19-6-5-13-26-15-19)27-28-25(29)32-16-23(30)22-12-7-17(2)14-18(22)3/h5-15H,4,16H2,1-3H3. The second kappa shape index (κ2) is 9.78. The maximum atomic E-state index is 12.9. The fourth-order valence-electron chi connectivity index (χ4n) is 3.47. The van der Waals surface area contributed by atoms with E-state index < -0.39 is 0 Å². The number of nitrogens with zero attached hydrogens (tertiary/aromatic N) is 4. The van der Waals surface area contributed by atoms with Gasteiger partial charge < -0.3 is 4.74 Å². The van der Waals surface area contributed by atoms with Crippen LogP contribution in [0.3, 0.4) is 0 Å². The average Bonchev–Trinajstić information content (AvgIpc) is 3.23. The van der Waals surface area contributed by atoms with Crippen LogP contribution in [0, 0.1) is 13.8 Å². The van der Waals surface area contributed by atoms with Crippen LogP contribution in [-0.4, -0.2) is 37.9 Å². The van der Waals surface area contributed by atoms with Gasteiger partial charge in [0, 0.05) is 29.2 Å². The molecule has 0 unspecified atom stereocenters. The fourth-order valence-corrected chi connectivity index (χ4v) is 4.31. The lowest BCUT2D eigenvalue weighted by Gasteiger charge is -2.11. The highest BCUT2D eigenvalue weighted by Gasteiger charge is 2.18. The van der Waals surface area contributed by atoms with Crippen LogP contribution < -0.4 is 4.74 Å². The molecule has 0 aliphatic carbocycles. The predicted molar refractivity (Wildman–Crippen MR) is 127 cm³/mol. The van der Waals surface area contributed by atoms with Crippen molar-refractivity contribution < 1.29 is 9.53 Å². The predicted octanol–water partition coefficient (Wildman–Crippen LogP) is 5.32. The zero-order chi connectivity index (χ0) is 22.5. The first-order chi connectivity index (χ1) is 15.6. The molecule has 0 saturated heterocycles. The van der Waals surface area contributed by atoms with Crippen molar-refractivity contribution in [3.8, 4) is 22.8 Å². The number of benzene rings is 2. The van der Waals surface area contributed by atoms with E-state index in [1.165, 1.54) is 11.8 Å². The van der Waals surface area contributed by atoms with Gasteiger partial charge in [0.15, 0.2) is 16.8 Å². The van der Waals surface area contributed by atoms with E-state index in [-0.39, 0.29) is 11.5 Å². The monoisotopic (exact) mass is 444 g/mol. The summed E-state index contributed by atoms with van der Waals surface area (Å²) >= 11 is 1.38. The lowest BCUT2D eigenvalue weighted by Crippen LogP contribution is -2.07. The fraction of sp³-hybridized carbons (Fsp3) is 0.200. The molecule has 7 heteroatoms. The minimum absolute atomic E-state index is 0.0664. The Morgan fingerprint density at radius 3 is 2.56 bits per heavy atom. The van der Waals surface area contributed by atoms with E-state index in [4.69, 9.17) is 4.74 Å². The molecule has 2 aromatic heterocycles. The lowest BCUT2D eigenvalue weighted by atomic mass is 10.0. The Morgan fingerprint density at radius 1 is 1.06 bits per heavy atom. The Balaban J connectivity index is 1.66. The Morgan fingerprint density at radius 2 is 1.88 bits per heavy atom. The summed E-state index contributed by atoms with van der Waals surface area (Å²) in [5, 5.41) is 9.45. The molecule has 162 valence electrons. The minimum Gasteiger partial charge on any atom is -0.494 e. The maximum Gasteiger partial charge on any atom is 0.196 e. The van der Waals surface area contributed by atoms with Crippen molar-refractivity contribution in [1.29, 1.82) is 0 Å². The summed E-state index contributed by atoms with van der Waals surface area (Å²) in [4.78, 5) is 17.1. The van der Waals surface area contributed by atoms with Crippen LogP contribution in [-0.2, 0) is 0 Å². The first-order valence-electron chi connectivity index (χ1n) is 10.4. The van der Waals surface area contributed by atoms with Gasteiger partial charge in [0.1, 0.15) is 5.75 Å². The van der Waals surface area contributed by atoms with E-state index in [1.807, 2.05) is 79.9 Å². The molecule has 4 rings (SSSR count). The quantitative estimate of drug-likeness (QED) is 0.271. The van der Waals surface area contributed by atoms with Crippen LogP contribution in [0.2, 0.25) is 0 Å². The smallest absolute Gasteiger partial charge is 0.196 e. The number of hydrogen-bond acceptors (Lipinski definition) is 6. The number of hydrogen-bond donors (Lipinski definition) is 0. The molecule has 0 spiro atoms. The van der Waals surface area contributed by atoms with Gasteiger partial charge in [-0.25, -0.2) is 0 Å². The van der Waals surface area contributed by atoms with Crippen molar-refractivity contribution in [3.63, 3.8) is 0 Å². The van der Waals surface area contributed by atoms with Crippen LogP contribution >= 0.6 is 11.8 Å². The number of carbonyl (C=O) groups is 1. The van der Waals surface area contributed by atoms with Crippen molar-refractivity contribution in [1.82, 2.24) is 19.7 Å². The molecular formula is C25H24N4O2S. The van der Waals surface area contributed by atoms with Crippen molar-refractivity contribution in [3.05, 3.63) is 83.7 Å². The molecule has 0 aliphatic heterocycles. The second-order valence-corrected chi connectivity index (χ2v) is 8.28. The molecular weight excluding hydrogens is 420 g/mol. The largest absolute Gasteiger partial charge is 0.494 e. The zero-order valence-corrected chi connectivity index (χ0v) is 19.1. The topological polar surface area (TPSA) is 69.9 Å². The van der Waals surface area contributed by atoms with Gasteiger partial charge in [-0.15, -0.1) is 10.2 Å². The normalized spacial score (nSPS) is 10.8. The highest BCUT2D eigenvalue weighted by Crippen LogP contribution is 2.29. The summed E-state index contributed by atoms with van der Waals surface area (Å²) in [5.74, 6) is 1.80. The molecule has 32 heavy (non-hydrogen) atoms. The first-order valence-corrected chi connectivity index (χ1v) is 11.4. The number of carbonyl (C=O) groups excluding carboxylic acids is 1. The summed E-state index contributed by atoms with van der Waals surface area (Å²) in [6.45, 7) is 6.55. The number of Topliss-reactive ketones (excluding diaryl/α,β-unsaturated/α-hetero) is 1. The molecule has 2 heterocycles. The van der Waals surface area contributed by atoms with Gasteiger partial charge in [0.25, 0.3) is 0 Å². The molecule has 0 radical (unpaired) electrons. The number of ether oxygens (including phenoxy) is 1. The Bertz CT molecular complexity index is 1220. The number of aromatic nitrogens is 4. The van der Waals surface area contributed by atoms with E-state index in [0.29, 0.717) is 17.6 Å². The maximum absolute atomic E-state index is 12.9. The molecule has 0 aliphatic rings. The van der Waals surface area contributed by atoms with E-state index in [1.54, 1.807) is 12.4 Å². The number of ketones is 1. The molecule has 0 saturated carbocycles. The number of pyridine rings is 1. The molecule has 0 atom stereocenters. The van der Waals surface area contributed by atoms with Crippen LogP contribution in [0.5, 0.6) is 5.75 Å². The van der Waals surface area contributed by atoms with Crippen LogP contribution in [0.15, 0.2) is 72.1 Å². The summed E-state index contributed by atoms with van der Waals surface area (Å²) in [5.41, 5.74) is 4.60. The third-order valence-corrected chi connectivity index (χ3v) is 5.90. The Labute approximate surface area is 191 Å². The van der Waals surface area contributed by atoms with Crippen molar-refractivity contribution in [2.24, 2.45) is 0 Å². The van der Waals surface area contributed by atoms with Gasteiger partial charge in [-0.2, -0.15) is 0 Å². The molecule has 0 amide bonds. The van der Waals surface area contributed by atoms with Crippen LogP contribution in [0.4, 0.5) is 0 Å². The molecule has 2 aromatic carbocycles. The van der Waals surface area contributed by atoms with Crippen LogP contribution in [0.25, 0.3) is 17.1 Å². The zero-order valence-electron chi connectivity index (χ0n) is 18.3. The second-order valence-electron chi connectivity index (χ2n) is 7.34. The molecule has 0 fully saturated rings. The van der Waals surface area contributed by atoms with Crippen molar-refractivity contribution in [2.75, 3.05) is 12.4 Å². The van der Waals surface area contributed by atoms with Gasteiger partial charge in [0.2, 0.25) is 0 Å². The van der Waals surface area contributed by atoms with Gasteiger partial charge in [0.05, 0.1) is 12.4 Å². The van der Waals surface area contributed by atoms with Crippen molar-refractivity contribution >= 4 is 17.5 Å². The minimum atomic E-state index is 0.0664. The van der Waals surface area contributed by atoms with E-state index in [0.717, 1.165) is 33.7 Å². The highest BCUT2D eigenvalue weighted by atomic mass is 32.2. The Hall–Kier alpha value is -3.45. The third kappa shape index (κ3) is 4.73. The first kappa shape index (κ1) is 21.8. The van der Waals surface area contributed by atoms with Crippen LogP contribution in [0.1, 0.15) is 28.4 Å². The number of thioether (sulfide) groups is 1. The molecule has 0 bridgehead atoms. The van der Waals surface area contributed by atoms with E-state index in [2.05, 4.69) is 15.2 Å². The van der Waals surface area contributed by atoms with Crippen molar-refractivity contribution in [2.45, 2.75) is 25.9 Å². The van der Waals surface area contributed by atoms with Gasteiger partial charge in [-0.1, -0.05) is 35.5 Å². The molecule has 0 N–H and O–H groups in total. The summed E-state index contributed by atoms with van der Waals surface area (Å²) in [7, 11) is 0.